The van der Waals surface area contributed by atoms with Gasteiger partial charge in [0.05, 0.1) is 10.6 Å². The minimum atomic E-state index is -4.22. The predicted octanol–water partition coefficient (Wildman–Crippen LogP) is 6.40. The molecule has 3 aromatic carbocycles. The summed E-state index contributed by atoms with van der Waals surface area (Å²) in [6.45, 7) is 6.76. The van der Waals surface area contributed by atoms with E-state index >= 15 is 0 Å². The Labute approximate surface area is 251 Å². The molecule has 40 heavy (non-hydrogen) atoms. The van der Waals surface area contributed by atoms with Crippen molar-refractivity contribution >= 4 is 62.3 Å². The van der Waals surface area contributed by atoms with Crippen molar-refractivity contribution in [1.29, 1.82) is 0 Å². The molecular formula is C29H32Cl3N3O4S. The van der Waals surface area contributed by atoms with Gasteiger partial charge < -0.3 is 10.2 Å². The summed E-state index contributed by atoms with van der Waals surface area (Å²) in [6, 6.07) is 15.3. The number of anilines is 1. The van der Waals surface area contributed by atoms with Crippen molar-refractivity contribution in [3.8, 4) is 0 Å². The normalized spacial score (nSPS) is 12.1. The summed E-state index contributed by atoms with van der Waals surface area (Å²) in [4.78, 5) is 28.5. The second-order valence-electron chi connectivity index (χ2n) is 9.25. The number of halogens is 3. The summed E-state index contributed by atoms with van der Waals surface area (Å²) >= 11 is 19.2. The van der Waals surface area contributed by atoms with Crippen LogP contribution in [0.25, 0.3) is 0 Å². The largest absolute Gasteiger partial charge is 0.355 e. The van der Waals surface area contributed by atoms with E-state index in [-0.39, 0.29) is 29.5 Å². The Balaban J connectivity index is 2.14. The van der Waals surface area contributed by atoms with E-state index in [4.69, 9.17) is 34.8 Å². The second-order valence-corrected chi connectivity index (χ2v) is 12.3. The highest BCUT2D eigenvalue weighted by molar-refractivity contribution is 7.92. The third kappa shape index (κ3) is 7.10. The number of carbonyl (C=O) groups is 2. The zero-order chi connectivity index (χ0) is 29.6. The molecule has 3 aromatic rings. The molecule has 1 N–H and O–H groups in total. The van der Waals surface area contributed by atoms with Crippen LogP contribution in [0.15, 0.2) is 65.6 Å². The molecule has 0 unspecified atom stereocenters. The molecule has 2 amide bonds. The molecular weight excluding hydrogens is 593 g/mol. The van der Waals surface area contributed by atoms with Gasteiger partial charge in [0, 0.05) is 33.7 Å². The molecule has 0 aliphatic rings. The van der Waals surface area contributed by atoms with Crippen LogP contribution in [0, 0.1) is 13.8 Å². The van der Waals surface area contributed by atoms with Gasteiger partial charge in [0.25, 0.3) is 10.0 Å². The van der Waals surface area contributed by atoms with Crippen LogP contribution in [-0.2, 0) is 26.2 Å². The summed E-state index contributed by atoms with van der Waals surface area (Å²) in [5.74, 6) is -0.974. The molecule has 11 heteroatoms. The molecule has 3 rings (SSSR count). The molecule has 7 nitrogen and oxygen atoms in total. The number of carbonyl (C=O) groups excluding carboxylic acids is 2. The van der Waals surface area contributed by atoms with Crippen molar-refractivity contribution in [3.05, 3.63) is 92.4 Å². The first-order chi connectivity index (χ1) is 18.9. The SMILES string of the molecule is CCNC(=O)[C@@H](CC)N(Cc1c(Cl)cccc1Cl)C(=O)CN(c1cccc(Cl)c1C)S(=O)(=O)c1ccc(C)cc1. The number of hydrogen-bond acceptors (Lipinski definition) is 4. The van der Waals surface area contributed by atoms with Gasteiger partial charge in [0.2, 0.25) is 11.8 Å². The average Bonchev–Trinajstić information content (AvgIpc) is 2.91. The molecule has 1 atom stereocenters. The summed E-state index contributed by atoms with van der Waals surface area (Å²) in [7, 11) is -4.22. The van der Waals surface area contributed by atoms with Crippen molar-refractivity contribution in [1.82, 2.24) is 10.2 Å². The number of amides is 2. The van der Waals surface area contributed by atoms with Gasteiger partial charge in [-0.15, -0.1) is 0 Å². The summed E-state index contributed by atoms with van der Waals surface area (Å²) in [5, 5.41) is 3.76. The fourth-order valence-electron chi connectivity index (χ4n) is 4.28. The quantitative estimate of drug-likeness (QED) is 0.267. The van der Waals surface area contributed by atoms with E-state index < -0.39 is 28.5 Å². The fraction of sp³-hybridized carbons (Fsp3) is 0.310. The standard InChI is InChI=1S/C29H32Cl3N3O4S/c1-5-26(29(37)33-6-2)34(17-22-24(31)10-7-11-25(22)32)28(36)18-35(27-12-8-9-23(30)20(27)4)40(38,39)21-15-13-19(3)14-16-21/h7-16,26H,5-6,17-18H2,1-4H3,(H,33,37)/t26-/m1/s1. The lowest BCUT2D eigenvalue weighted by Crippen LogP contribution is -2.52. The van der Waals surface area contributed by atoms with Gasteiger partial charge in [-0.05, 0) is 69.2 Å². The molecule has 0 aliphatic carbocycles. The molecule has 214 valence electrons. The number of rotatable bonds is 11. The summed E-state index contributed by atoms with van der Waals surface area (Å²) in [5.41, 5.74) is 2.08. The highest BCUT2D eigenvalue weighted by atomic mass is 35.5. The molecule has 0 bridgehead atoms. The smallest absolute Gasteiger partial charge is 0.264 e. The van der Waals surface area contributed by atoms with Gasteiger partial charge in [-0.2, -0.15) is 0 Å². The van der Waals surface area contributed by atoms with E-state index in [1.807, 2.05) is 6.92 Å². The first kappa shape index (κ1) is 31.7. The third-order valence-corrected chi connectivity index (χ3v) is 9.41. The highest BCUT2D eigenvalue weighted by Gasteiger charge is 2.34. The van der Waals surface area contributed by atoms with Crippen LogP contribution in [0.4, 0.5) is 5.69 Å². The number of nitrogens with zero attached hydrogens (tertiary/aromatic N) is 2. The maximum absolute atomic E-state index is 14.1. The van der Waals surface area contributed by atoms with Crippen molar-refractivity contribution in [2.45, 2.75) is 51.6 Å². The van der Waals surface area contributed by atoms with Gasteiger partial charge in [0.1, 0.15) is 12.6 Å². The van der Waals surface area contributed by atoms with Crippen molar-refractivity contribution in [2.75, 3.05) is 17.4 Å². The van der Waals surface area contributed by atoms with Crippen LogP contribution in [0.3, 0.4) is 0 Å². The number of sulfonamides is 1. The van der Waals surface area contributed by atoms with Crippen molar-refractivity contribution in [2.24, 2.45) is 0 Å². The van der Waals surface area contributed by atoms with Gasteiger partial charge in [0.15, 0.2) is 0 Å². The van der Waals surface area contributed by atoms with E-state index in [9.17, 15) is 18.0 Å². The number of nitrogens with one attached hydrogen (secondary N) is 1. The number of aryl methyl sites for hydroxylation is 1. The molecule has 0 fully saturated rings. The van der Waals surface area contributed by atoms with Gasteiger partial charge in [-0.3, -0.25) is 13.9 Å². The minimum Gasteiger partial charge on any atom is -0.355 e. The van der Waals surface area contributed by atoms with Crippen LogP contribution in [0.2, 0.25) is 15.1 Å². The van der Waals surface area contributed by atoms with Crippen molar-refractivity contribution in [3.63, 3.8) is 0 Å². The third-order valence-electron chi connectivity index (χ3n) is 6.52. The van der Waals surface area contributed by atoms with Crippen LogP contribution in [0.1, 0.15) is 37.0 Å². The average molecular weight is 625 g/mol. The molecule has 0 saturated carbocycles. The van der Waals surface area contributed by atoms with Gasteiger partial charge >= 0.3 is 0 Å². The Morgan fingerprint density at radius 1 is 0.875 bits per heavy atom. The van der Waals surface area contributed by atoms with E-state index in [0.717, 1.165) is 9.87 Å². The first-order valence-corrected chi connectivity index (χ1v) is 15.3. The Kier molecular flexibility index (Phi) is 10.9. The lowest BCUT2D eigenvalue weighted by molar-refractivity contribution is -0.140. The molecule has 0 radical (unpaired) electrons. The van der Waals surface area contributed by atoms with Crippen LogP contribution in [-0.4, -0.2) is 44.3 Å². The molecule has 0 aliphatic heterocycles. The number of hydrogen-bond donors (Lipinski definition) is 1. The Morgan fingerprint density at radius 2 is 1.45 bits per heavy atom. The number of likely N-dealkylation sites (N-methyl/N-ethyl adjacent to an activating group) is 1. The Bertz CT molecular complexity index is 1460. The van der Waals surface area contributed by atoms with Gasteiger partial charge in [-0.1, -0.05) is 71.6 Å². The molecule has 0 aromatic heterocycles. The zero-order valence-corrected chi connectivity index (χ0v) is 25.8. The van der Waals surface area contributed by atoms with Crippen LogP contribution < -0.4 is 9.62 Å². The van der Waals surface area contributed by atoms with Crippen molar-refractivity contribution < 1.29 is 18.0 Å². The minimum absolute atomic E-state index is 0.0155. The summed E-state index contributed by atoms with van der Waals surface area (Å²) in [6.07, 6.45) is 0.278. The van der Waals surface area contributed by atoms with E-state index in [0.29, 0.717) is 32.7 Å². The van der Waals surface area contributed by atoms with E-state index in [2.05, 4.69) is 5.32 Å². The van der Waals surface area contributed by atoms with Crippen LogP contribution in [0.5, 0.6) is 0 Å². The second kappa shape index (κ2) is 13.7. The monoisotopic (exact) mass is 623 g/mol. The maximum Gasteiger partial charge on any atom is 0.264 e. The van der Waals surface area contributed by atoms with E-state index in [1.165, 1.54) is 17.0 Å². The van der Waals surface area contributed by atoms with Crippen LogP contribution >= 0.6 is 34.8 Å². The first-order valence-electron chi connectivity index (χ1n) is 12.8. The maximum atomic E-state index is 14.1. The molecule has 0 saturated heterocycles. The zero-order valence-electron chi connectivity index (χ0n) is 22.7. The predicted molar refractivity (Wildman–Crippen MR) is 162 cm³/mol. The highest BCUT2D eigenvalue weighted by Crippen LogP contribution is 2.32. The molecule has 0 spiro atoms. The summed E-state index contributed by atoms with van der Waals surface area (Å²) < 4.78 is 29.0. The topological polar surface area (TPSA) is 86.8 Å². The lowest BCUT2D eigenvalue weighted by atomic mass is 10.1. The molecule has 0 heterocycles. The lowest BCUT2D eigenvalue weighted by Gasteiger charge is -2.34. The van der Waals surface area contributed by atoms with E-state index in [1.54, 1.807) is 69.3 Å². The number of benzene rings is 3. The Morgan fingerprint density at radius 3 is 2.02 bits per heavy atom. The fourth-order valence-corrected chi connectivity index (χ4v) is 6.44. The van der Waals surface area contributed by atoms with Gasteiger partial charge in [-0.25, -0.2) is 8.42 Å². The Hall–Kier alpha value is -2.78.